The fourth-order valence-electron chi connectivity index (χ4n) is 2.62. The number of aliphatic hydroxyl groups excluding tert-OH is 1. The zero-order valence-electron chi connectivity index (χ0n) is 13.2. The van der Waals surface area contributed by atoms with E-state index in [1.54, 1.807) is 0 Å². The van der Waals surface area contributed by atoms with Crippen LogP contribution in [-0.2, 0) is 14.3 Å². The molecule has 0 aromatic heterocycles. The molecule has 0 atom stereocenters. The summed E-state index contributed by atoms with van der Waals surface area (Å²) >= 11 is 0. The molecule has 6 heteroatoms. The van der Waals surface area contributed by atoms with Gasteiger partial charge in [-0.2, -0.15) is 0 Å². The van der Waals surface area contributed by atoms with Gasteiger partial charge in [-0.05, 0) is 25.8 Å². The first kappa shape index (κ1) is 17.9. The van der Waals surface area contributed by atoms with E-state index in [-0.39, 0.29) is 24.4 Å². The van der Waals surface area contributed by atoms with Crippen molar-refractivity contribution in [3.63, 3.8) is 0 Å². The number of carbonyl (C=O) groups is 2. The maximum absolute atomic E-state index is 12.3. The van der Waals surface area contributed by atoms with Gasteiger partial charge in [-0.1, -0.05) is 13.3 Å². The lowest BCUT2D eigenvalue weighted by atomic mass is 9.97. The van der Waals surface area contributed by atoms with E-state index in [1.165, 1.54) is 7.11 Å². The highest BCUT2D eigenvalue weighted by Crippen LogP contribution is 2.18. The molecule has 0 bridgehead atoms. The van der Waals surface area contributed by atoms with Crippen LogP contribution in [0, 0.1) is 5.92 Å². The number of hydrogen-bond acceptors (Lipinski definition) is 5. The van der Waals surface area contributed by atoms with Crippen molar-refractivity contribution in [3.8, 4) is 0 Å². The SMILES string of the molecule is CCCCN(CCO)CC(=O)N1CCC(C(=O)OC)CC1. The molecule has 0 saturated carbocycles. The number of piperidine rings is 1. The first-order valence-electron chi connectivity index (χ1n) is 7.81. The highest BCUT2D eigenvalue weighted by Gasteiger charge is 2.28. The highest BCUT2D eigenvalue weighted by atomic mass is 16.5. The van der Waals surface area contributed by atoms with Crippen LogP contribution in [0.15, 0.2) is 0 Å². The van der Waals surface area contributed by atoms with Crippen molar-refractivity contribution in [2.75, 3.05) is 46.4 Å². The van der Waals surface area contributed by atoms with Gasteiger partial charge in [0.15, 0.2) is 0 Å². The molecule has 0 aromatic carbocycles. The molecule has 0 radical (unpaired) electrons. The van der Waals surface area contributed by atoms with Gasteiger partial charge in [0.1, 0.15) is 0 Å². The Morgan fingerprint density at radius 3 is 2.48 bits per heavy atom. The summed E-state index contributed by atoms with van der Waals surface area (Å²) in [5.74, 6) is -0.164. The van der Waals surface area contributed by atoms with Gasteiger partial charge in [0.05, 0.1) is 26.2 Å². The summed E-state index contributed by atoms with van der Waals surface area (Å²) in [4.78, 5) is 27.6. The zero-order chi connectivity index (χ0) is 15.7. The molecule has 0 aromatic rings. The summed E-state index contributed by atoms with van der Waals surface area (Å²) in [6.07, 6.45) is 3.44. The topological polar surface area (TPSA) is 70.1 Å². The van der Waals surface area contributed by atoms with Crippen LogP contribution in [0.25, 0.3) is 0 Å². The van der Waals surface area contributed by atoms with E-state index in [2.05, 4.69) is 6.92 Å². The Morgan fingerprint density at radius 2 is 1.95 bits per heavy atom. The highest BCUT2D eigenvalue weighted by molar-refractivity contribution is 5.79. The van der Waals surface area contributed by atoms with Gasteiger partial charge < -0.3 is 14.7 Å². The van der Waals surface area contributed by atoms with Crippen molar-refractivity contribution < 1.29 is 19.4 Å². The van der Waals surface area contributed by atoms with Crippen LogP contribution in [0.4, 0.5) is 0 Å². The Morgan fingerprint density at radius 1 is 1.29 bits per heavy atom. The molecule has 1 aliphatic heterocycles. The number of ether oxygens (including phenoxy) is 1. The molecule has 1 saturated heterocycles. The number of nitrogens with zero attached hydrogens (tertiary/aromatic N) is 2. The number of methoxy groups -OCH3 is 1. The summed E-state index contributed by atoms with van der Waals surface area (Å²) < 4.78 is 4.75. The molecule has 122 valence electrons. The Bertz CT molecular complexity index is 328. The Balaban J connectivity index is 2.39. The normalized spacial score (nSPS) is 16.3. The average Bonchev–Trinajstić information content (AvgIpc) is 2.52. The standard InChI is InChI=1S/C15H28N2O4/c1-3-4-7-16(10-11-18)12-14(19)17-8-5-13(6-9-17)15(20)21-2/h13,18H,3-12H2,1-2H3. The van der Waals surface area contributed by atoms with Crippen molar-refractivity contribution in [3.05, 3.63) is 0 Å². The second kappa shape index (κ2) is 9.73. The van der Waals surface area contributed by atoms with Crippen LogP contribution in [0.2, 0.25) is 0 Å². The third-order valence-electron chi connectivity index (χ3n) is 3.99. The third-order valence-corrected chi connectivity index (χ3v) is 3.99. The van der Waals surface area contributed by atoms with Crippen molar-refractivity contribution in [2.45, 2.75) is 32.6 Å². The van der Waals surface area contributed by atoms with E-state index in [9.17, 15) is 9.59 Å². The fraction of sp³-hybridized carbons (Fsp3) is 0.867. The molecule has 0 spiro atoms. The maximum atomic E-state index is 12.3. The predicted molar refractivity (Wildman–Crippen MR) is 79.8 cm³/mol. The number of esters is 1. The van der Waals surface area contributed by atoms with Gasteiger partial charge in [0.2, 0.25) is 5.91 Å². The van der Waals surface area contributed by atoms with E-state index in [4.69, 9.17) is 9.84 Å². The molecular formula is C15H28N2O4. The third kappa shape index (κ3) is 6.01. The number of aliphatic hydroxyl groups is 1. The molecule has 21 heavy (non-hydrogen) atoms. The number of rotatable bonds is 8. The average molecular weight is 300 g/mol. The molecule has 1 rings (SSSR count). The Hall–Kier alpha value is -1.14. The van der Waals surface area contributed by atoms with Crippen molar-refractivity contribution in [2.24, 2.45) is 5.92 Å². The lowest BCUT2D eigenvalue weighted by Gasteiger charge is -2.32. The van der Waals surface area contributed by atoms with Gasteiger partial charge in [-0.25, -0.2) is 0 Å². The van der Waals surface area contributed by atoms with Crippen LogP contribution < -0.4 is 0 Å². The molecule has 6 nitrogen and oxygen atoms in total. The minimum absolute atomic E-state index is 0.0708. The van der Waals surface area contributed by atoms with Gasteiger partial charge in [0.25, 0.3) is 0 Å². The first-order valence-corrected chi connectivity index (χ1v) is 7.81. The molecule has 0 unspecified atom stereocenters. The summed E-state index contributed by atoms with van der Waals surface area (Å²) in [6.45, 7) is 5.12. The number of hydrogen-bond donors (Lipinski definition) is 1. The number of carbonyl (C=O) groups excluding carboxylic acids is 2. The summed E-state index contributed by atoms with van der Waals surface area (Å²) in [5, 5.41) is 9.06. The lowest BCUT2D eigenvalue weighted by Crippen LogP contribution is -2.46. The van der Waals surface area contributed by atoms with E-state index in [0.29, 0.717) is 39.0 Å². The zero-order valence-corrected chi connectivity index (χ0v) is 13.2. The molecule has 0 aliphatic carbocycles. The van der Waals surface area contributed by atoms with Crippen molar-refractivity contribution in [1.29, 1.82) is 0 Å². The number of amides is 1. The molecule has 1 fully saturated rings. The quantitative estimate of drug-likeness (QED) is 0.661. The van der Waals surface area contributed by atoms with Crippen LogP contribution >= 0.6 is 0 Å². The van der Waals surface area contributed by atoms with E-state index in [1.807, 2.05) is 9.80 Å². The van der Waals surface area contributed by atoms with Crippen LogP contribution in [-0.4, -0.2) is 73.2 Å². The first-order chi connectivity index (χ1) is 10.1. The van der Waals surface area contributed by atoms with E-state index >= 15 is 0 Å². The van der Waals surface area contributed by atoms with Crippen LogP contribution in [0.1, 0.15) is 32.6 Å². The van der Waals surface area contributed by atoms with E-state index < -0.39 is 0 Å². The molecular weight excluding hydrogens is 272 g/mol. The van der Waals surface area contributed by atoms with Gasteiger partial charge in [-0.3, -0.25) is 14.5 Å². The second-order valence-electron chi connectivity index (χ2n) is 5.53. The lowest BCUT2D eigenvalue weighted by molar-refractivity contribution is -0.149. The van der Waals surface area contributed by atoms with Crippen LogP contribution in [0.3, 0.4) is 0 Å². The maximum Gasteiger partial charge on any atom is 0.308 e. The van der Waals surface area contributed by atoms with Gasteiger partial charge >= 0.3 is 5.97 Å². The van der Waals surface area contributed by atoms with Crippen LogP contribution in [0.5, 0.6) is 0 Å². The summed E-state index contributed by atoms with van der Waals surface area (Å²) in [6, 6.07) is 0. The predicted octanol–water partition coefficient (Wildman–Crippen LogP) is 0.492. The number of likely N-dealkylation sites (tertiary alicyclic amines) is 1. The minimum Gasteiger partial charge on any atom is -0.469 e. The molecule has 1 heterocycles. The molecule has 1 amide bonds. The molecule has 1 aliphatic rings. The minimum atomic E-state index is -0.174. The number of unbranched alkanes of at least 4 members (excludes halogenated alkanes) is 1. The van der Waals surface area contributed by atoms with Gasteiger partial charge in [-0.15, -0.1) is 0 Å². The smallest absolute Gasteiger partial charge is 0.308 e. The van der Waals surface area contributed by atoms with E-state index in [0.717, 1.165) is 19.4 Å². The Labute approximate surface area is 127 Å². The summed E-state index contributed by atoms with van der Waals surface area (Å²) in [5.41, 5.74) is 0. The fourth-order valence-corrected chi connectivity index (χ4v) is 2.62. The Kier molecular flexibility index (Phi) is 8.30. The second-order valence-corrected chi connectivity index (χ2v) is 5.53. The summed E-state index contributed by atoms with van der Waals surface area (Å²) in [7, 11) is 1.40. The van der Waals surface area contributed by atoms with Gasteiger partial charge in [0, 0.05) is 19.6 Å². The van der Waals surface area contributed by atoms with Crippen molar-refractivity contribution >= 4 is 11.9 Å². The van der Waals surface area contributed by atoms with Crippen molar-refractivity contribution in [1.82, 2.24) is 9.80 Å². The largest absolute Gasteiger partial charge is 0.469 e. The monoisotopic (exact) mass is 300 g/mol. The molecule has 1 N–H and O–H groups in total.